The number of hydrogen-bond acceptors (Lipinski definition) is 8. The van der Waals surface area contributed by atoms with Crippen molar-refractivity contribution in [2.24, 2.45) is 0 Å². The molecule has 0 aromatic heterocycles. The largest absolute Gasteiger partial charge is 0.545 e. The van der Waals surface area contributed by atoms with Crippen LogP contribution in [0.4, 0.5) is 0 Å². The van der Waals surface area contributed by atoms with Gasteiger partial charge in [-0.05, 0) is 64.2 Å². The first-order valence-corrected chi connectivity index (χ1v) is 34.5. The van der Waals surface area contributed by atoms with E-state index in [1.165, 1.54) is 283 Å². The number of ether oxygens (including phenoxy) is 4. The smallest absolute Gasteiger partial charge is 0.306 e. The third kappa shape index (κ3) is 63.2. The fourth-order valence-electron chi connectivity index (χ4n) is 10.4. The van der Waals surface area contributed by atoms with E-state index in [2.05, 4.69) is 38.2 Å². The minimum atomic E-state index is -1.62. The molecular formula is C70H133NO8. The number of hydrogen-bond donors (Lipinski definition) is 0. The first-order chi connectivity index (χ1) is 38.6. The van der Waals surface area contributed by atoms with E-state index in [0.29, 0.717) is 17.4 Å². The Labute approximate surface area is 490 Å². The normalized spacial score (nSPS) is 12.8. The van der Waals surface area contributed by atoms with Crippen LogP contribution >= 0.6 is 0 Å². The molecule has 0 rings (SSSR count). The number of allylic oxidation sites excluding steroid dienone is 4. The van der Waals surface area contributed by atoms with E-state index >= 15 is 0 Å². The van der Waals surface area contributed by atoms with Crippen LogP contribution in [-0.2, 0) is 33.3 Å². The summed E-state index contributed by atoms with van der Waals surface area (Å²) < 4.78 is 22.8. The lowest BCUT2D eigenvalue weighted by Crippen LogP contribution is -2.44. The Kier molecular flexibility index (Phi) is 60.1. The van der Waals surface area contributed by atoms with Gasteiger partial charge in [-0.1, -0.05) is 295 Å². The highest BCUT2D eigenvalue weighted by Crippen LogP contribution is 2.18. The molecule has 0 aliphatic carbocycles. The van der Waals surface area contributed by atoms with Crippen molar-refractivity contribution in [3.8, 4) is 0 Å². The topological polar surface area (TPSA) is 111 Å². The number of quaternary nitrogens is 1. The summed E-state index contributed by atoms with van der Waals surface area (Å²) in [7, 11) is 5.94. The van der Waals surface area contributed by atoms with Crippen molar-refractivity contribution >= 4 is 17.9 Å². The predicted molar refractivity (Wildman–Crippen MR) is 334 cm³/mol. The molecule has 0 spiro atoms. The molecule has 0 aliphatic rings. The van der Waals surface area contributed by atoms with Gasteiger partial charge in [-0.25, -0.2) is 0 Å². The van der Waals surface area contributed by atoms with Crippen LogP contribution in [0.3, 0.4) is 0 Å². The predicted octanol–water partition coefficient (Wildman–Crippen LogP) is 19.7. The van der Waals surface area contributed by atoms with Crippen molar-refractivity contribution in [2.45, 2.75) is 360 Å². The molecule has 0 amide bonds. The van der Waals surface area contributed by atoms with E-state index in [-0.39, 0.29) is 32.2 Å². The van der Waals surface area contributed by atoms with Gasteiger partial charge in [0.1, 0.15) is 13.2 Å². The van der Waals surface area contributed by atoms with Gasteiger partial charge in [-0.3, -0.25) is 9.59 Å². The molecule has 0 aromatic carbocycles. The van der Waals surface area contributed by atoms with E-state index in [0.717, 1.165) is 38.5 Å². The van der Waals surface area contributed by atoms with Gasteiger partial charge in [0.2, 0.25) is 0 Å². The van der Waals surface area contributed by atoms with E-state index < -0.39 is 24.3 Å². The molecule has 466 valence electrons. The SMILES string of the molecule is CCCCCCCC/C=C\CCCCCCCCCCCC(=O)OCC(COC(OCC[N+](C)(C)C)C(=O)[O-])OC(=O)CCCCCCCCCCCCCCCCCCCCCCCCC/C=C\CCCCCCCCCC. The number of carboxylic acids is 1. The van der Waals surface area contributed by atoms with Crippen LogP contribution in [0.1, 0.15) is 348 Å². The zero-order chi connectivity index (χ0) is 57.6. The van der Waals surface area contributed by atoms with Gasteiger partial charge < -0.3 is 33.3 Å². The average Bonchev–Trinajstić information content (AvgIpc) is 3.42. The number of carbonyl (C=O) groups is 3. The molecule has 0 fully saturated rings. The Morgan fingerprint density at radius 3 is 0.937 bits per heavy atom. The average molecular weight is 1120 g/mol. The Bertz CT molecular complexity index is 1340. The van der Waals surface area contributed by atoms with Gasteiger partial charge in [0.05, 0.1) is 40.3 Å². The van der Waals surface area contributed by atoms with Gasteiger partial charge in [0.15, 0.2) is 12.4 Å². The number of carbonyl (C=O) groups excluding carboxylic acids is 3. The van der Waals surface area contributed by atoms with Crippen molar-refractivity contribution in [3.63, 3.8) is 0 Å². The van der Waals surface area contributed by atoms with Gasteiger partial charge in [-0.2, -0.15) is 0 Å². The number of esters is 2. The Morgan fingerprint density at radius 1 is 0.367 bits per heavy atom. The minimum absolute atomic E-state index is 0.151. The Balaban J connectivity index is 4.01. The van der Waals surface area contributed by atoms with Gasteiger partial charge in [0.25, 0.3) is 0 Å². The quantitative estimate of drug-likeness (QED) is 0.0195. The molecule has 0 saturated heterocycles. The fourth-order valence-corrected chi connectivity index (χ4v) is 10.4. The maximum atomic E-state index is 12.9. The lowest BCUT2D eigenvalue weighted by Gasteiger charge is -2.26. The summed E-state index contributed by atoms with van der Waals surface area (Å²) in [5, 5.41) is 11.8. The number of unbranched alkanes of at least 4 members (excludes halogenated alkanes) is 46. The van der Waals surface area contributed by atoms with Crippen molar-refractivity contribution < 1.29 is 42.9 Å². The molecule has 9 heteroatoms. The van der Waals surface area contributed by atoms with Crippen LogP contribution < -0.4 is 5.11 Å². The molecule has 0 aromatic rings. The molecule has 0 aliphatic heterocycles. The van der Waals surface area contributed by atoms with Crippen molar-refractivity contribution in [1.29, 1.82) is 0 Å². The second-order valence-corrected chi connectivity index (χ2v) is 24.8. The zero-order valence-corrected chi connectivity index (χ0v) is 53.3. The standard InChI is InChI=1S/C70H133NO8/c1-6-8-10-12-14-16-18-20-22-24-26-27-28-29-30-31-32-33-34-35-36-37-38-39-40-41-43-45-47-49-51-53-55-57-59-61-68(73)79-66(65-78-70(69(74)75)76-63-62-71(3,4)5)64-77-67(72)60-58-56-54-52-50-48-46-44-42-25-23-21-19-17-15-13-11-9-7-2/h21,23-24,26,66,70H,6-20,22,25,27-65H2,1-5H3/b23-21-,26-24-. The van der Waals surface area contributed by atoms with Crippen LogP contribution in [-0.4, -0.2) is 82.3 Å². The van der Waals surface area contributed by atoms with Gasteiger partial charge >= 0.3 is 11.9 Å². The summed E-state index contributed by atoms with van der Waals surface area (Å²) >= 11 is 0. The summed E-state index contributed by atoms with van der Waals surface area (Å²) in [5.74, 6) is -2.26. The molecule has 0 radical (unpaired) electrons. The maximum absolute atomic E-state index is 12.9. The van der Waals surface area contributed by atoms with Crippen LogP contribution in [0.5, 0.6) is 0 Å². The third-order valence-electron chi connectivity index (χ3n) is 15.7. The van der Waals surface area contributed by atoms with Crippen molar-refractivity contribution in [3.05, 3.63) is 24.3 Å². The molecule has 2 unspecified atom stereocenters. The summed E-state index contributed by atoms with van der Waals surface area (Å²) in [4.78, 5) is 37.4. The fraction of sp³-hybridized carbons (Fsp3) is 0.900. The molecule has 2 atom stereocenters. The number of rotatable bonds is 65. The number of likely N-dealkylation sites (N-methyl/N-ethyl adjacent to an activating group) is 1. The lowest BCUT2D eigenvalue weighted by molar-refractivity contribution is -0.870. The Hall–Kier alpha value is -2.23. The summed E-state index contributed by atoms with van der Waals surface area (Å²) in [6, 6.07) is 0. The molecule has 9 nitrogen and oxygen atoms in total. The van der Waals surface area contributed by atoms with E-state index in [1.807, 2.05) is 21.1 Å². The van der Waals surface area contributed by atoms with Crippen molar-refractivity contribution in [2.75, 3.05) is 47.5 Å². The number of carboxylic acid groups (broad SMARTS) is 1. The van der Waals surface area contributed by atoms with Crippen LogP contribution in [0, 0.1) is 0 Å². The Morgan fingerprint density at radius 2 is 0.646 bits per heavy atom. The highest BCUT2D eigenvalue weighted by atomic mass is 16.7. The highest BCUT2D eigenvalue weighted by molar-refractivity contribution is 5.70. The molecular weight excluding hydrogens is 983 g/mol. The third-order valence-corrected chi connectivity index (χ3v) is 15.7. The molecule has 0 bridgehead atoms. The highest BCUT2D eigenvalue weighted by Gasteiger charge is 2.22. The second-order valence-electron chi connectivity index (χ2n) is 24.8. The summed E-state index contributed by atoms with van der Waals surface area (Å²) in [6.07, 6.45) is 72.7. The number of nitrogens with zero attached hydrogens (tertiary/aromatic N) is 1. The van der Waals surface area contributed by atoms with E-state index in [4.69, 9.17) is 18.9 Å². The molecule has 0 saturated carbocycles. The van der Waals surface area contributed by atoms with E-state index in [9.17, 15) is 19.5 Å². The zero-order valence-electron chi connectivity index (χ0n) is 53.3. The first kappa shape index (κ1) is 76.8. The molecule has 0 N–H and O–H groups in total. The molecule has 0 heterocycles. The van der Waals surface area contributed by atoms with Crippen molar-refractivity contribution in [1.82, 2.24) is 0 Å². The number of aliphatic carboxylic acids is 1. The van der Waals surface area contributed by atoms with E-state index in [1.54, 1.807) is 0 Å². The second kappa shape index (κ2) is 61.8. The minimum Gasteiger partial charge on any atom is -0.545 e. The van der Waals surface area contributed by atoms with Gasteiger partial charge in [-0.15, -0.1) is 0 Å². The van der Waals surface area contributed by atoms with Crippen LogP contribution in [0.25, 0.3) is 0 Å². The van der Waals surface area contributed by atoms with Crippen LogP contribution in [0.15, 0.2) is 24.3 Å². The summed E-state index contributed by atoms with van der Waals surface area (Å²) in [6.45, 7) is 4.80. The lowest BCUT2D eigenvalue weighted by atomic mass is 10.0. The molecule has 79 heavy (non-hydrogen) atoms. The monoisotopic (exact) mass is 1120 g/mol. The van der Waals surface area contributed by atoms with Crippen LogP contribution in [0.2, 0.25) is 0 Å². The van der Waals surface area contributed by atoms with Gasteiger partial charge in [0, 0.05) is 12.8 Å². The summed E-state index contributed by atoms with van der Waals surface area (Å²) in [5.41, 5.74) is 0. The maximum Gasteiger partial charge on any atom is 0.306 e. The first-order valence-electron chi connectivity index (χ1n) is 34.5.